The minimum atomic E-state index is -0.356. The fourth-order valence-electron chi connectivity index (χ4n) is 5.54. The van der Waals surface area contributed by atoms with Gasteiger partial charge in [0.2, 0.25) is 0 Å². The zero-order chi connectivity index (χ0) is 23.7. The molecule has 1 amide bonds. The number of benzene rings is 2. The van der Waals surface area contributed by atoms with Crippen LogP contribution in [0.5, 0.6) is 0 Å². The van der Waals surface area contributed by atoms with Crippen LogP contribution in [-0.2, 0) is 11.3 Å². The van der Waals surface area contributed by atoms with Gasteiger partial charge in [-0.05, 0) is 55.2 Å². The van der Waals surface area contributed by atoms with Crippen LogP contribution in [-0.4, -0.2) is 51.8 Å². The third-order valence-corrected chi connectivity index (χ3v) is 7.45. The second-order valence-electron chi connectivity index (χ2n) is 9.80. The molecule has 6 nitrogen and oxygen atoms in total. The second-order valence-corrected chi connectivity index (χ2v) is 9.80. The van der Waals surface area contributed by atoms with Crippen LogP contribution in [0.15, 0.2) is 61.1 Å². The van der Waals surface area contributed by atoms with E-state index in [0.717, 1.165) is 36.9 Å². The molecular formula is C28H33N3O3. The first-order valence-corrected chi connectivity index (χ1v) is 12.2. The molecule has 2 atom stereocenters. The Balaban J connectivity index is 1.16. The molecule has 6 heteroatoms. The quantitative estimate of drug-likeness (QED) is 0.557. The molecule has 1 aliphatic heterocycles. The van der Waals surface area contributed by atoms with Crippen LogP contribution in [0.4, 0.5) is 0 Å². The molecule has 0 spiro atoms. The Morgan fingerprint density at radius 2 is 1.85 bits per heavy atom. The predicted octanol–water partition coefficient (Wildman–Crippen LogP) is 4.68. The maximum atomic E-state index is 12.5. The molecule has 5 rings (SSSR count). The van der Waals surface area contributed by atoms with E-state index in [9.17, 15) is 9.90 Å². The molecule has 2 heterocycles. The molecule has 0 radical (unpaired) electrons. The van der Waals surface area contributed by atoms with E-state index in [1.807, 2.05) is 36.8 Å². The molecular weight excluding hydrogens is 426 g/mol. The number of ether oxygens (including phenoxy) is 1. The topological polar surface area (TPSA) is 67.6 Å². The predicted molar refractivity (Wildman–Crippen MR) is 131 cm³/mol. The Labute approximate surface area is 201 Å². The number of aromatic nitrogens is 2. The van der Waals surface area contributed by atoms with Crippen LogP contribution < -0.4 is 0 Å². The highest BCUT2D eigenvalue weighted by Crippen LogP contribution is 2.42. The van der Waals surface area contributed by atoms with Crippen molar-refractivity contribution < 1.29 is 14.6 Å². The Hall–Kier alpha value is -2.96. The number of rotatable bonds is 7. The maximum absolute atomic E-state index is 12.5. The summed E-state index contributed by atoms with van der Waals surface area (Å²) in [6, 6.07) is 16.3. The standard InChI is InChI=1S/C28H33N3O3/c1-30(2)28(33)22-8-4-3-7-20(22)17-34-21-13-11-19(12-14-21)27(32)15-25-23-9-5-6-10-24(23)26-16-29-18-31(25)26/h3-10,16,18-19,21,25,27,32H,11-15,17H2,1-2H3/t19-,21-,25?,27?. The fraction of sp³-hybridized carbons (Fsp3) is 0.429. The largest absolute Gasteiger partial charge is 0.393 e. The van der Waals surface area contributed by atoms with Crippen molar-refractivity contribution in [3.8, 4) is 11.3 Å². The van der Waals surface area contributed by atoms with Crippen LogP contribution >= 0.6 is 0 Å². The summed E-state index contributed by atoms with van der Waals surface area (Å²) in [5.74, 6) is 0.280. The first kappa shape index (κ1) is 22.8. The monoisotopic (exact) mass is 459 g/mol. The van der Waals surface area contributed by atoms with Crippen molar-refractivity contribution in [3.05, 3.63) is 77.7 Å². The molecule has 1 aliphatic carbocycles. The number of nitrogens with zero attached hydrogens (tertiary/aromatic N) is 3. The van der Waals surface area contributed by atoms with E-state index in [2.05, 4.69) is 33.8 Å². The summed E-state index contributed by atoms with van der Waals surface area (Å²) in [6.07, 6.45) is 8.09. The van der Waals surface area contributed by atoms with E-state index in [1.165, 1.54) is 11.1 Å². The number of hydrogen-bond acceptors (Lipinski definition) is 4. The molecule has 1 N–H and O–H groups in total. The van der Waals surface area contributed by atoms with Crippen molar-refractivity contribution >= 4 is 5.91 Å². The Morgan fingerprint density at radius 3 is 2.65 bits per heavy atom. The van der Waals surface area contributed by atoms with Gasteiger partial charge in [0, 0.05) is 25.2 Å². The zero-order valence-corrected chi connectivity index (χ0v) is 19.9. The number of aliphatic hydroxyl groups excluding tert-OH is 1. The number of carbonyl (C=O) groups is 1. The van der Waals surface area contributed by atoms with Crippen LogP contribution in [0, 0.1) is 5.92 Å². The lowest BCUT2D eigenvalue weighted by Gasteiger charge is -2.33. The Bertz CT molecular complexity index is 1150. The van der Waals surface area contributed by atoms with Crippen LogP contribution in [0.2, 0.25) is 0 Å². The van der Waals surface area contributed by atoms with Gasteiger partial charge in [0.15, 0.2) is 0 Å². The van der Waals surface area contributed by atoms with Crippen molar-refractivity contribution in [2.24, 2.45) is 5.92 Å². The van der Waals surface area contributed by atoms with E-state index in [0.29, 0.717) is 18.6 Å². The van der Waals surface area contributed by atoms with Crippen molar-refractivity contribution in [2.45, 2.75) is 57.0 Å². The summed E-state index contributed by atoms with van der Waals surface area (Å²) < 4.78 is 8.42. The number of hydrogen-bond donors (Lipinski definition) is 1. The van der Waals surface area contributed by atoms with Gasteiger partial charge < -0.3 is 19.3 Å². The lowest BCUT2D eigenvalue weighted by Crippen LogP contribution is -2.31. The summed E-state index contributed by atoms with van der Waals surface area (Å²) in [5.41, 5.74) is 5.27. The molecule has 2 aromatic carbocycles. The van der Waals surface area contributed by atoms with E-state index in [1.54, 1.807) is 19.0 Å². The Morgan fingerprint density at radius 1 is 1.12 bits per heavy atom. The molecule has 1 fully saturated rings. The van der Waals surface area contributed by atoms with E-state index in [4.69, 9.17) is 4.74 Å². The summed E-state index contributed by atoms with van der Waals surface area (Å²) >= 11 is 0. The number of amides is 1. The summed E-state index contributed by atoms with van der Waals surface area (Å²) in [6.45, 7) is 0.440. The maximum Gasteiger partial charge on any atom is 0.253 e. The number of aliphatic hydroxyl groups is 1. The molecule has 178 valence electrons. The second kappa shape index (κ2) is 9.72. The van der Waals surface area contributed by atoms with E-state index < -0.39 is 0 Å². The normalized spacial score (nSPS) is 22.1. The van der Waals surface area contributed by atoms with Crippen molar-refractivity contribution in [1.82, 2.24) is 14.5 Å². The van der Waals surface area contributed by atoms with Gasteiger partial charge in [-0.3, -0.25) is 4.79 Å². The highest BCUT2D eigenvalue weighted by molar-refractivity contribution is 5.95. The third kappa shape index (κ3) is 4.40. The first-order valence-electron chi connectivity index (χ1n) is 12.2. The highest BCUT2D eigenvalue weighted by Gasteiger charge is 2.33. The molecule has 1 saturated carbocycles. The van der Waals surface area contributed by atoms with Gasteiger partial charge >= 0.3 is 0 Å². The summed E-state index contributed by atoms with van der Waals surface area (Å²) in [7, 11) is 3.54. The summed E-state index contributed by atoms with van der Waals surface area (Å²) in [4.78, 5) is 18.4. The van der Waals surface area contributed by atoms with E-state index in [-0.39, 0.29) is 30.1 Å². The number of fused-ring (bicyclic) bond motifs is 3. The molecule has 2 unspecified atom stereocenters. The van der Waals surface area contributed by atoms with Crippen molar-refractivity contribution in [3.63, 3.8) is 0 Å². The zero-order valence-electron chi connectivity index (χ0n) is 19.9. The minimum absolute atomic E-state index is 0.000524. The van der Waals surface area contributed by atoms with Gasteiger partial charge in [0.05, 0.1) is 43.1 Å². The van der Waals surface area contributed by atoms with Gasteiger partial charge in [0.1, 0.15) is 0 Å². The third-order valence-electron chi connectivity index (χ3n) is 7.45. The summed E-state index contributed by atoms with van der Waals surface area (Å²) in [5, 5.41) is 11.1. The van der Waals surface area contributed by atoms with Gasteiger partial charge in [-0.1, -0.05) is 42.5 Å². The van der Waals surface area contributed by atoms with E-state index >= 15 is 0 Å². The van der Waals surface area contributed by atoms with Crippen molar-refractivity contribution in [1.29, 1.82) is 0 Å². The van der Waals surface area contributed by atoms with Crippen LogP contribution in [0.3, 0.4) is 0 Å². The Kier molecular flexibility index (Phi) is 6.53. The van der Waals surface area contributed by atoms with Gasteiger partial charge in [-0.2, -0.15) is 0 Å². The molecule has 34 heavy (non-hydrogen) atoms. The SMILES string of the molecule is CN(C)C(=O)c1ccccc1CO[C@H]1CC[C@H](C(O)CC2c3ccccc3-c3cncn32)CC1. The molecule has 3 aromatic rings. The van der Waals surface area contributed by atoms with Gasteiger partial charge in [0.25, 0.3) is 5.91 Å². The molecule has 2 aliphatic rings. The molecule has 0 saturated heterocycles. The van der Waals surface area contributed by atoms with Crippen LogP contribution in [0.1, 0.15) is 59.6 Å². The van der Waals surface area contributed by atoms with Gasteiger partial charge in [-0.25, -0.2) is 4.98 Å². The molecule has 1 aromatic heterocycles. The minimum Gasteiger partial charge on any atom is -0.393 e. The molecule has 0 bridgehead atoms. The number of carbonyl (C=O) groups excluding carboxylic acids is 1. The first-order chi connectivity index (χ1) is 16.5. The highest BCUT2D eigenvalue weighted by atomic mass is 16.5. The average Bonchev–Trinajstić information content (AvgIpc) is 3.45. The lowest BCUT2D eigenvalue weighted by molar-refractivity contribution is -0.0162. The van der Waals surface area contributed by atoms with Crippen LogP contribution in [0.25, 0.3) is 11.3 Å². The van der Waals surface area contributed by atoms with Gasteiger partial charge in [-0.15, -0.1) is 0 Å². The van der Waals surface area contributed by atoms with Crippen molar-refractivity contribution in [2.75, 3.05) is 14.1 Å². The smallest absolute Gasteiger partial charge is 0.253 e. The lowest BCUT2D eigenvalue weighted by atomic mass is 9.81. The average molecular weight is 460 g/mol. The fourth-order valence-corrected chi connectivity index (χ4v) is 5.54. The number of imidazole rings is 1.